The quantitative estimate of drug-likeness (QED) is 0.758. The second kappa shape index (κ2) is 7.60. The molecule has 0 spiro atoms. The van der Waals surface area contributed by atoms with E-state index in [1.165, 1.54) is 16.8 Å². The van der Waals surface area contributed by atoms with Gasteiger partial charge in [-0.25, -0.2) is 0 Å². The van der Waals surface area contributed by atoms with Crippen LogP contribution in [0.4, 0.5) is 0 Å². The van der Waals surface area contributed by atoms with E-state index in [0.717, 1.165) is 30.3 Å². The summed E-state index contributed by atoms with van der Waals surface area (Å²) in [5.41, 5.74) is 3.89. The predicted molar refractivity (Wildman–Crippen MR) is 87.0 cm³/mol. The molecule has 0 fully saturated rings. The molecule has 0 amide bonds. The van der Waals surface area contributed by atoms with Crippen LogP contribution in [-0.2, 0) is 12.8 Å². The third-order valence-electron chi connectivity index (χ3n) is 3.51. The number of aromatic nitrogens is 2. The molecule has 3 nitrogen and oxygen atoms in total. The Morgan fingerprint density at radius 3 is 2.70 bits per heavy atom. The number of aromatic amines is 1. The fraction of sp³-hybridized carbons (Fsp3) is 0.438. The minimum Gasteiger partial charge on any atom is -0.314 e. The van der Waals surface area contributed by atoms with Crippen molar-refractivity contribution in [3.63, 3.8) is 0 Å². The molecular formula is C16H22BrN3. The highest BCUT2D eigenvalue weighted by Crippen LogP contribution is 2.12. The van der Waals surface area contributed by atoms with Gasteiger partial charge >= 0.3 is 0 Å². The van der Waals surface area contributed by atoms with Gasteiger partial charge in [-0.15, -0.1) is 0 Å². The highest BCUT2D eigenvalue weighted by Gasteiger charge is 2.04. The molecule has 1 aromatic carbocycles. The molecule has 2 rings (SSSR count). The summed E-state index contributed by atoms with van der Waals surface area (Å²) >= 11 is 3.46. The summed E-state index contributed by atoms with van der Waals surface area (Å²) in [6.07, 6.45) is 5.23. The fourth-order valence-electron chi connectivity index (χ4n) is 2.30. The Balaban J connectivity index is 1.66. The van der Waals surface area contributed by atoms with Crippen LogP contribution < -0.4 is 5.32 Å². The maximum atomic E-state index is 4.05. The van der Waals surface area contributed by atoms with Crippen LogP contribution in [0.1, 0.15) is 30.2 Å². The third-order valence-corrected chi connectivity index (χ3v) is 4.03. The molecule has 0 saturated heterocycles. The van der Waals surface area contributed by atoms with Gasteiger partial charge in [-0.1, -0.05) is 28.1 Å². The molecule has 1 atom stereocenters. The Labute approximate surface area is 129 Å². The van der Waals surface area contributed by atoms with Gasteiger partial charge in [0.15, 0.2) is 0 Å². The molecule has 0 aliphatic rings. The molecule has 0 aliphatic carbocycles. The van der Waals surface area contributed by atoms with E-state index in [0.29, 0.717) is 6.04 Å². The molecule has 0 radical (unpaired) electrons. The second-order valence-corrected chi connectivity index (χ2v) is 6.23. The predicted octanol–water partition coefficient (Wildman–Crippen LogP) is 3.63. The van der Waals surface area contributed by atoms with Gasteiger partial charge in [0.2, 0.25) is 0 Å². The molecular weight excluding hydrogens is 314 g/mol. The van der Waals surface area contributed by atoms with E-state index in [1.807, 2.05) is 6.20 Å². The van der Waals surface area contributed by atoms with Gasteiger partial charge in [-0.3, -0.25) is 5.10 Å². The van der Waals surface area contributed by atoms with Gasteiger partial charge < -0.3 is 5.32 Å². The van der Waals surface area contributed by atoms with E-state index in [9.17, 15) is 0 Å². The first-order valence-electron chi connectivity index (χ1n) is 7.12. The Hall–Kier alpha value is -1.13. The van der Waals surface area contributed by atoms with Crippen LogP contribution in [0.25, 0.3) is 0 Å². The Bertz CT molecular complexity index is 519. The molecule has 1 unspecified atom stereocenters. The molecule has 20 heavy (non-hydrogen) atoms. The Morgan fingerprint density at radius 1 is 1.30 bits per heavy atom. The third kappa shape index (κ3) is 4.76. The van der Waals surface area contributed by atoms with E-state index >= 15 is 0 Å². The lowest BCUT2D eigenvalue weighted by atomic mass is 10.1. The van der Waals surface area contributed by atoms with Gasteiger partial charge in [-0.2, -0.15) is 5.10 Å². The zero-order valence-electron chi connectivity index (χ0n) is 12.1. The van der Waals surface area contributed by atoms with Crippen LogP contribution >= 0.6 is 15.9 Å². The molecule has 1 heterocycles. The van der Waals surface area contributed by atoms with E-state index in [4.69, 9.17) is 0 Å². The minimum atomic E-state index is 0.502. The summed E-state index contributed by atoms with van der Waals surface area (Å²) in [7, 11) is 0. The van der Waals surface area contributed by atoms with Crippen LogP contribution in [0, 0.1) is 6.92 Å². The zero-order valence-corrected chi connectivity index (χ0v) is 13.7. The lowest BCUT2D eigenvalue weighted by Crippen LogP contribution is -2.29. The monoisotopic (exact) mass is 335 g/mol. The number of hydrogen-bond donors (Lipinski definition) is 2. The molecule has 0 aliphatic heterocycles. The highest BCUT2D eigenvalue weighted by molar-refractivity contribution is 9.10. The fourth-order valence-corrected chi connectivity index (χ4v) is 2.57. The maximum Gasteiger partial charge on any atom is 0.0522 e. The van der Waals surface area contributed by atoms with Crippen molar-refractivity contribution in [2.24, 2.45) is 0 Å². The van der Waals surface area contributed by atoms with Gasteiger partial charge in [-0.05, 0) is 62.9 Å². The highest BCUT2D eigenvalue weighted by atomic mass is 79.9. The van der Waals surface area contributed by atoms with E-state index in [2.05, 4.69) is 69.6 Å². The smallest absolute Gasteiger partial charge is 0.0522 e. The minimum absolute atomic E-state index is 0.502. The van der Waals surface area contributed by atoms with Crippen LogP contribution in [0.2, 0.25) is 0 Å². The molecule has 0 bridgehead atoms. The molecule has 2 N–H and O–H groups in total. The second-order valence-electron chi connectivity index (χ2n) is 5.31. The molecule has 108 valence electrons. The van der Waals surface area contributed by atoms with E-state index in [-0.39, 0.29) is 0 Å². The summed E-state index contributed by atoms with van der Waals surface area (Å²) in [5.74, 6) is 0. The van der Waals surface area contributed by atoms with Crippen molar-refractivity contribution in [2.45, 2.75) is 39.2 Å². The summed E-state index contributed by atoms with van der Waals surface area (Å²) in [6, 6.07) is 9.06. The number of H-pyrrole nitrogens is 1. The van der Waals surface area contributed by atoms with Crippen molar-refractivity contribution in [2.75, 3.05) is 6.54 Å². The number of aryl methyl sites for hydroxylation is 2. The van der Waals surface area contributed by atoms with Crippen molar-refractivity contribution in [1.29, 1.82) is 0 Å². The van der Waals surface area contributed by atoms with Crippen LogP contribution in [0.3, 0.4) is 0 Å². The first kappa shape index (κ1) is 15.3. The van der Waals surface area contributed by atoms with Crippen LogP contribution in [-0.4, -0.2) is 22.8 Å². The number of nitrogens with zero attached hydrogens (tertiary/aromatic N) is 1. The molecule has 0 saturated carbocycles. The normalized spacial score (nSPS) is 12.6. The van der Waals surface area contributed by atoms with Crippen molar-refractivity contribution in [3.8, 4) is 0 Å². The Kier molecular flexibility index (Phi) is 5.80. The first-order valence-corrected chi connectivity index (χ1v) is 7.91. The van der Waals surface area contributed by atoms with Gasteiger partial charge in [0.05, 0.1) is 6.20 Å². The maximum absolute atomic E-state index is 4.05. The van der Waals surface area contributed by atoms with Crippen molar-refractivity contribution < 1.29 is 0 Å². The lowest BCUT2D eigenvalue weighted by Gasteiger charge is -2.13. The van der Waals surface area contributed by atoms with Crippen LogP contribution in [0.5, 0.6) is 0 Å². The zero-order chi connectivity index (χ0) is 14.4. The number of nitrogens with one attached hydrogen (secondary N) is 2. The lowest BCUT2D eigenvalue weighted by molar-refractivity contribution is 0.534. The number of benzene rings is 1. The van der Waals surface area contributed by atoms with E-state index in [1.54, 1.807) is 0 Å². The van der Waals surface area contributed by atoms with E-state index < -0.39 is 0 Å². The molecule has 4 heteroatoms. The number of hydrogen-bond acceptors (Lipinski definition) is 2. The standard InChI is InChI=1S/C16H22BrN3/c1-12(10-14-5-7-16(17)8-6-14)18-9-3-4-15-11-19-20-13(15)2/h5-8,11-12,18H,3-4,9-10H2,1-2H3,(H,19,20). The summed E-state index contributed by atoms with van der Waals surface area (Å²) in [4.78, 5) is 0. The SMILES string of the molecule is Cc1[nH]ncc1CCCNC(C)Cc1ccc(Br)cc1. The van der Waals surface area contributed by atoms with Gasteiger partial charge in [0.25, 0.3) is 0 Å². The van der Waals surface area contributed by atoms with Crippen molar-refractivity contribution in [3.05, 3.63) is 51.8 Å². The largest absolute Gasteiger partial charge is 0.314 e. The molecule has 1 aromatic heterocycles. The van der Waals surface area contributed by atoms with Crippen molar-refractivity contribution >= 4 is 15.9 Å². The summed E-state index contributed by atoms with van der Waals surface area (Å²) < 4.78 is 1.14. The Morgan fingerprint density at radius 2 is 2.05 bits per heavy atom. The number of rotatable bonds is 7. The van der Waals surface area contributed by atoms with Gasteiger partial charge in [0, 0.05) is 16.2 Å². The summed E-state index contributed by atoms with van der Waals surface area (Å²) in [5, 5.41) is 10.6. The average Bonchev–Trinajstić information content (AvgIpc) is 2.83. The van der Waals surface area contributed by atoms with Crippen LogP contribution in [0.15, 0.2) is 34.9 Å². The first-order chi connectivity index (χ1) is 9.65. The molecule has 2 aromatic rings. The average molecular weight is 336 g/mol. The number of halogens is 1. The summed E-state index contributed by atoms with van der Waals surface area (Å²) in [6.45, 7) is 5.36. The van der Waals surface area contributed by atoms with Gasteiger partial charge in [0.1, 0.15) is 0 Å². The topological polar surface area (TPSA) is 40.7 Å². The van der Waals surface area contributed by atoms with Crippen molar-refractivity contribution in [1.82, 2.24) is 15.5 Å².